The summed E-state index contributed by atoms with van der Waals surface area (Å²) in [6.07, 6.45) is 0.733. The van der Waals surface area contributed by atoms with Gasteiger partial charge in [0.15, 0.2) is 5.16 Å². The molecule has 2 N–H and O–H groups in total. The van der Waals surface area contributed by atoms with Crippen LogP contribution in [0.25, 0.3) is 10.2 Å². The molecule has 1 unspecified atom stereocenters. The lowest BCUT2D eigenvalue weighted by molar-refractivity contribution is 0.614. The van der Waals surface area contributed by atoms with Crippen LogP contribution in [0.2, 0.25) is 0 Å². The number of aromatic nitrogens is 5. The summed E-state index contributed by atoms with van der Waals surface area (Å²) in [5.74, 6) is 0.582. The number of nitrogens with zero attached hydrogens (tertiary/aromatic N) is 3. The number of H-pyrrole nitrogens is 2. The minimum absolute atomic E-state index is 0.122. The summed E-state index contributed by atoms with van der Waals surface area (Å²) in [5.41, 5.74) is 1.77. The number of hydrogen-bond donors (Lipinski definition) is 2. The van der Waals surface area contributed by atoms with Gasteiger partial charge in [-0.05, 0) is 38.3 Å². The first kappa shape index (κ1) is 19.7. The van der Waals surface area contributed by atoms with Gasteiger partial charge in [0.1, 0.15) is 10.7 Å². The quantitative estimate of drug-likeness (QED) is 0.459. The molecule has 0 aliphatic heterocycles. The molecule has 0 aliphatic carbocycles. The second-order valence-corrected chi connectivity index (χ2v) is 9.38. The van der Waals surface area contributed by atoms with Gasteiger partial charge >= 0.3 is 5.69 Å². The maximum absolute atomic E-state index is 12.5. The van der Waals surface area contributed by atoms with Crippen molar-refractivity contribution in [1.29, 1.82) is 0 Å². The third-order valence-electron chi connectivity index (χ3n) is 4.91. The largest absolute Gasteiger partial charge is 0.343 e. The molecule has 4 rings (SSSR count). The van der Waals surface area contributed by atoms with Crippen molar-refractivity contribution < 1.29 is 0 Å². The van der Waals surface area contributed by atoms with Crippen LogP contribution < -0.4 is 11.2 Å². The molecule has 0 radical (unpaired) electrons. The van der Waals surface area contributed by atoms with Crippen molar-refractivity contribution in [3.05, 3.63) is 73.0 Å². The summed E-state index contributed by atoms with van der Waals surface area (Å²) in [7, 11) is 0. The average molecular weight is 428 g/mol. The van der Waals surface area contributed by atoms with Gasteiger partial charge in [-0.1, -0.05) is 42.1 Å². The number of rotatable bonds is 6. The van der Waals surface area contributed by atoms with E-state index in [0.717, 1.165) is 27.3 Å². The third-order valence-corrected chi connectivity index (χ3v) is 7.12. The van der Waals surface area contributed by atoms with Crippen LogP contribution in [0.5, 0.6) is 0 Å². The number of fused-ring (bicyclic) bond motifs is 1. The molecule has 1 aromatic carbocycles. The number of thioether (sulfide) groups is 1. The molecule has 29 heavy (non-hydrogen) atoms. The van der Waals surface area contributed by atoms with E-state index in [9.17, 15) is 9.59 Å². The van der Waals surface area contributed by atoms with Crippen molar-refractivity contribution in [2.24, 2.45) is 0 Å². The summed E-state index contributed by atoms with van der Waals surface area (Å²) in [6, 6.07) is 10.0. The first-order chi connectivity index (χ1) is 13.9. The first-order valence-corrected chi connectivity index (χ1v) is 11.0. The fraction of sp³-hybridized carbons (Fsp3) is 0.300. The van der Waals surface area contributed by atoms with Crippen LogP contribution >= 0.6 is 23.1 Å². The zero-order valence-electron chi connectivity index (χ0n) is 16.4. The summed E-state index contributed by atoms with van der Waals surface area (Å²) >= 11 is 2.93. The Morgan fingerprint density at radius 3 is 2.72 bits per heavy atom. The average Bonchev–Trinajstić information content (AvgIpc) is 3.20. The first-order valence-electron chi connectivity index (χ1n) is 9.29. The van der Waals surface area contributed by atoms with Crippen LogP contribution in [0.4, 0.5) is 0 Å². The molecule has 0 spiro atoms. The maximum atomic E-state index is 12.5. The molecule has 0 saturated carbocycles. The second kappa shape index (κ2) is 8.00. The fourth-order valence-corrected chi connectivity index (χ4v) is 5.13. The molecular formula is C20H21N5O2S2. The lowest BCUT2D eigenvalue weighted by atomic mass is 10.1. The van der Waals surface area contributed by atoms with E-state index in [1.807, 2.05) is 51.1 Å². The molecule has 7 nitrogen and oxygen atoms in total. The van der Waals surface area contributed by atoms with Crippen LogP contribution in [0.3, 0.4) is 0 Å². The molecule has 0 aliphatic rings. The van der Waals surface area contributed by atoms with Crippen LogP contribution in [0, 0.1) is 13.8 Å². The zero-order chi connectivity index (χ0) is 20.5. The zero-order valence-corrected chi connectivity index (χ0v) is 18.0. The Bertz CT molecular complexity index is 1270. The number of aromatic amines is 2. The lowest BCUT2D eigenvalue weighted by Crippen LogP contribution is -2.19. The normalized spacial score (nSPS) is 12.5. The van der Waals surface area contributed by atoms with Gasteiger partial charge in [0.05, 0.1) is 10.6 Å². The van der Waals surface area contributed by atoms with E-state index in [1.54, 1.807) is 4.57 Å². The smallest absolute Gasteiger partial charge is 0.309 e. The van der Waals surface area contributed by atoms with E-state index in [0.29, 0.717) is 22.9 Å². The highest BCUT2D eigenvalue weighted by Crippen LogP contribution is 2.33. The lowest BCUT2D eigenvalue weighted by Gasteiger charge is -2.11. The summed E-state index contributed by atoms with van der Waals surface area (Å²) < 4.78 is 1.63. The second-order valence-electron chi connectivity index (χ2n) is 6.87. The highest BCUT2D eigenvalue weighted by atomic mass is 32.2. The van der Waals surface area contributed by atoms with Gasteiger partial charge in [0.25, 0.3) is 5.56 Å². The van der Waals surface area contributed by atoms with E-state index >= 15 is 0 Å². The Kier molecular flexibility index (Phi) is 5.42. The third kappa shape index (κ3) is 3.92. The number of aryl methyl sites for hydroxylation is 3. The maximum Gasteiger partial charge on any atom is 0.343 e. The van der Waals surface area contributed by atoms with Crippen molar-refractivity contribution in [2.75, 3.05) is 0 Å². The standard InChI is InChI=1S/C20H21N5O2S2/c1-11-12(2)28-18-15(11)17(26)21-16(22-18)13(3)29-20-24-23-19(27)25(20)10-9-14-7-5-4-6-8-14/h4-8,13H,9-10H2,1-3H3,(H,23,27)(H,21,22,26). The molecule has 150 valence electrons. The Hall–Kier alpha value is -2.65. The van der Waals surface area contributed by atoms with Crippen LogP contribution in [0.1, 0.15) is 34.0 Å². The van der Waals surface area contributed by atoms with Crippen molar-refractivity contribution in [3.8, 4) is 0 Å². The minimum atomic E-state index is -0.239. The highest BCUT2D eigenvalue weighted by Gasteiger charge is 2.19. The van der Waals surface area contributed by atoms with Crippen molar-refractivity contribution in [3.63, 3.8) is 0 Å². The summed E-state index contributed by atoms with van der Waals surface area (Å²) in [6.45, 7) is 6.41. The van der Waals surface area contributed by atoms with Crippen molar-refractivity contribution >= 4 is 33.3 Å². The molecular weight excluding hydrogens is 406 g/mol. The monoisotopic (exact) mass is 427 g/mol. The Morgan fingerprint density at radius 2 is 1.97 bits per heavy atom. The molecule has 0 amide bonds. The number of nitrogens with one attached hydrogen (secondary N) is 2. The molecule has 4 aromatic rings. The van der Waals surface area contributed by atoms with Crippen LogP contribution in [-0.4, -0.2) is 24.7 Å². The van der Waals surface area contributed by atoms with Gasteiger partial charge in [-0.3, -0.25) is 9.36 Å². The van der Waals surface area contributed by atoms with E-state index < -0.39 is 0 Å². The minimum Gasteiger partial charge on any atom is -0.309 e. The van der Waals surface area contributed by atoms with E-state index in [-0.39, 0.29) is 16.5 Å². The van der Waals surface area contributed by atoms with Gasteiger partial charge in [-0.25, -0.2) is 14.9 Å². The van der Waals surface area contributed by atoms with Crippen molar-refractivity contribution in [2.45, 2.75) is 44.1 Å². The molecule has 1 atom stereocenters. The van der Waals surface area contributed by atoms with Gasteiger partial charge in [0, 0.05) is 11.4 Å². The number of thiophene rings is 1. The van der Waals surface area contributed by atoms with E-state index in [1.165, 1.54) is 23.1 Å². The predicted octanol–water partition coefficient (Wildman–Crippen LogP) is 3.58. The van der Waals surface area contributed by atoms with Crippen LogP contribution in [-0.2, 0) is 13.0 Å². The van der Waals surface area contributed by atoms with E-state index in [4.69, 9.17) is 0 Å². The summed E-state index contributed by atoms with van der Waals surface area (Å²) in [5, 5.41) is 7.77. The molecule has 3 heterocycles. The van der Waals surface area contributed by atoms with Gasteiger partial charge in [-0.15, -0.1) is 16.4 Å². The molecule has 0 saturated heterocycles. The van der Waals surface area contributed by atoms with Crippen molar-refractivity contribution in [1.82, 2.24) is 24.7 Å². The van der Waals surface area contributed by atoms with Gasteiger partial charge < -0.3 is 4.98 Å². The number of hydrogen-bond acceptors (Lipinski definition) is 6. The topological polar surface area (TPSA) is 96.4 Å². The fourth-order valence-electron chi connectivity index (χ4n) is 3.15. The molecule has 0 bridgehead atoms. The summed E-state index contributed by atoms with van der Waals surface area (Å²) in [4.78, 5) is 34.2. The number of benzene rings is 1. The highest BCUT2D eigenvalue weighted by molar-refractivity contribution is 7.99. The Labute approximate surface area is 175 Å². The van der Waals surface area contributed by atoms with Crippen LogP contribution in [0.15, 0.2) is 45.1 Å². The van der Waals surface area contributed by atoms with Gasteiger partial charge in [-0.2, -0.15) is 0 Å². The van der Waals surface area contributed by atoms with E-state index in [2.05, 4.69) is 20.2 Å². The predicted molar refractivity (Wildman–Crippen MR) is 117 cm³/mol. The Morgan fingerprint density at radius 1 is 1.21 bits per heavy atom. The molecule has 9 heteroatoms. The molecule has 0 fully saturated rings. The van der Waals surface area contributed by atoms with Gasteiger partial charge in [0.2, 0.25) is 0 Å². The molecule has 3 aromatic heterocycles. The SMILES string of the molecule is Cc1sc2nc(C(C)Sc3n[nH]c(=O)n3CCc3ccccc3)[nH]c(=O)c2c1C. The Balaban J connectivity index is 1.57.